The number of carbonyl (C=O) groups excluding carboxylic acids is 1. The van der Waals surface area contributed by atoms with Gasteiger partial charge in [0.15, 0.2) is 10.9 Å². The number of nitrogens with two attached hydrogens (primary N) is 1. The Morgan fingerprint density at radius 2 is 1.76 bits per heavy atom. The lowest BCUT2D eigenvalue weighted by Crippen LogP contribution is -2.11. The van der Waals surface area contributed by atoms with Gasteiger partial charge in [0.05, 0.1) is 24.7 Å². The van der Waals surface area contributed by atoms with Gasteiger partial charge in [0.25, 0.3) is 0 Å². The molecule has 0 radical (unpaired) electrons. The van der Waals surface area contributed by atoms with Crippen molar-refractivity contribution in [2.45, 2.75) is 12.8 Å². The molecular weight excluding hydrogens is 462 g/mol. The molecule has 0 aliphatic carbocycles. The molecule has 3 aromatic rings. The van der Waals surface area contributed by atoms with Crippen LogP contribution in [0.4, 0.5) is 11.4 Å². The van der Waals surface area contributed by atoms with Crippen LogP contribution in [0.3, 0.4) is 0 Å². The van der Waals surface area contributed by atoms with Gasteiger partial charge in [0, 0.05) is 6.42 Å². The van der Waals surface area contributed by atoms with E-state index >= 15 is 0 Å². The van der Waals surface area contributed by atoms with Crippen LogP contribution in [0.25, 0.3) is 22.3 Å². The number of nitrogens with zero attached hydrogens (tertiary/aromatic N) is 1. The second-order valence-electron chi connectivity index (χ2n) is 7.37. The van der Waals surface area contributed by atoms with E-state index in [1.807, 2.05) is 48.5 Å². The fourth-order valence-electron chi connectivity index (χ4n) is 3.38. The van der Waals surface area contributed by atoms with E-state index in [4.69, 9.17) is 9.92 Å². The maximum absolute atomic E-state index is 11.8. The molecule has 0 aromatic heterocycles. The molecule has 0 saturated carbocycles. The molecule has 174 valence electrons. The third kappa shape index (κ3) is 7.14. The van der Waals surface area contributed by atoms with Gasteiger partial charge >= 0.3 is 0 Å². The zero-order valence-corrected chi connectivity index (χ0v) is 19.9. The fourth-order valence-corrected chi connectivity index (χ4v) is 4.31. The number of primary amides is 1. The predicted molar refractivity (Wildman–Crippen MR) is 132 cm³/mol. The Kier molecular flexibility index (Phi) is 7.85. The van der Waals surface area contributed by atoms with Crippen LogP contribution in [-0.2, 0) is 36.3 Å². The smallest absolute Gasteiger partial charge is 0.229 e. The monoisotopic (exact) mass is 487 g/mol. The number of aryl methyl sites for hydroxylation is 1. The Morgan fingerprint density at radius 3 is 2.39 bits per heavy atom. The Balaban J connectivity index is 2.17. The summed E-state index contributed by atoms with van der Waals surface area (Å²) in [5.74, 6) is -0.425. The number of hydrogen-bond acceptors (Lipinski definition) is 6. The number of amides is 1. The SMILES string of the molecule is CO[SH](=O)=Nc1cc(NS(C)(=O)=O)cc(-c2ccc(-c3ccccc3)cc2CCC(N)=O)c1. The third-order valence-corrected chi connectivity index (χ3v) is 6.05. The van der Waals surface area contributed by atoms with Gasteiger partial charge in [-0.3, -0.25) is 13.7 Å². The summed E-state index contributed by atoms with van der Waals surface area (Å²) >= 11 is 0. The Labute approximate surface area is 195 Å². The molecule has 0 heterocycles. The van der Waals surface area contributed by atoms with Gasteiger partial charge in [-0.1, -0.05) is 48.5 Å². The number of anilines is 1. The second-order valence-corrected chi connectivity index (χ2v) is 10.2. The molecule has 0 saturated heterocycles. The van der Waals surface area contributed by atoms with E-state index in [1.54, 1.807) is 12.1 Å². The topological polar surface area (TPSA) is 128 Å². The highest BCUT2D eigenvalue weighted by molar-refractivity contribution is 7.92. The van der Waals surface area contributed by atoms with Crippen molar-refractivity contribution < 1.29 is 21.6 Å². The molecule has 1 unspecified atom stereocenters. The van der Waals surface area contributed by atoms with Crippen molar-refractivity contribution in [1.82, 2.24) is 0 Å². The Bertz CT molecular complexity index is 1350. The standard InChI is InChI=1S/C23H25N3O5S2/c1-31-32(28)25-20-13-19(14-21(15-20)26-33(2,29)30)22-10-8-17(16-6-4-3-5-7-16)12-18(22)9-11-23(24)27/h3-8,10,12-15,26,32H,9,11H2,1-2H3,(H2,24,27). The first kappa shape index (κ1) is 24.4. The molecule has 10 heteroatoms. The molecule has 33 heavy (non-hydrogen) atoms. The van der Waals surface area contributed by atoms with Crippen LogP contribution in [0.15, 0.2) is 71.1 Å². The summed E-state index contributed by atoms with van der Waals surface area (Å²) in [5.41, 5.74) is 10.2. The summed E-state index contributed by atoms with van der Waals surface area (Å²) in [4.78, 5) is 11.5. The van der Waals surface area contributed by atoms with Gasteiger partial charge in [0.2, 0.25) is 15.9 Å². The Hall–Kier alpha value is -3.21. The molecule has 1 amide bonds. The zero-order valence-electron chi connectivity index (χ0n) is 18.2. The van der Waals surface area contributed by atoms with E-state index in [9.17, 15) is 17.4 Å². The summed E-state index contributed by atoms with van der Waals surface area (Å²) in [6.45, 7) is 0. The summed E-state index contributed by atoms with van der Waals surface area (Å²) in [5, 5.41) is 0. The first-order chi connectivity index (χ1) is 15.6. The van der Waals surface area contributed by atoms with Crippen molar-refractivity contribution in [3.8, 4) is 22.3 Å². The number of nitrogens with one attached hydrogen (secondary N) is 1. The number of carbonyl (C=O) groups is 1. The first-order valence-electron chi connectivity index (χ1n) is 9.97. The molecule has 3 aromatic carbocycles. The second kappa shape index (κ2) is 10.6. The van der Waals surface area contributed by atoms with Gasteiger partial charge in [-0.05, 0) is 52.4 Å². The van der Waals surface area contributed by atoms with Gasteiger partial charge in [-0.15, -0.1) is 0 Å². The molecule has 0 bridgehead atoms. The molecular formula is C23H25N3O5S2. The fraction of sp³-hybridized carbons (Fsp3) is 0.174. The summed E-state index contributed by atoms with van der Waals surface area (Å²) in [6.07, 6.45) is 1.59. The van der Waals surface area contributed by atoms with Crippen LogP contribution >= 0.6 is 0 Å². The summed E-state index contributed by atoms with van der Waals surface area (Å²) in [7, 11) is -4.59. The molecule has 0 fully saturated rings. The van der Waals surface area contributed by atoms with E-state index in [-0.39, 0.29) is 17.8 Å². The number of rotatable bonds is 9. The molecule has 1 atom stereocenters. The molecule has 0 aliphatic heterocycles. The Morgan fingerprint density at radius 1 is 1.03 bits per heavy atom. The van der Waals surface area contributed by atoms with Crippen LogP contribution in [-0.4, -0.2) is 31.9 Å². The largest absolute Gasteiger partial charge is 0.370 e. The predicted octanol–water partition coefficient (Wildman–Crippen LogP) is 3.67. The van der Waals surface area contributed by atoms with Crippen molar-refractivity contribution >= 4 is 38.2 Å². The summed E-state index contributed by atoms with van der Waals surface area (Å²) in [6, 6.07) is 20.4. The minimum absolute atomic E-state index is 0.152. The van der Waals surface area contributed by atoms with Crippen LogP contribution in [0.1, 0.15) is 12.0 Å². The van der Waals surface area contributed by atoms with Crippen LogP contribution in [0, 0.1) is 0 Å². The minimum atomic E-state index is -3.56. The van der Waals surface area contributed by atoms with Crippen molar-refractivity contribution in [3.05, 3.63) is 72.3 Å². The zero-order chi connectivity index (χ0) is 24.0. The van der Waals surface area contributed by atoms with E-state index < -0.39 is 26.8 Å². The van der Waals surface area contributed by atoms with Crippen LogP contribution in [0.2, 0.25) is 0 Å². The lowest BCUT2D eigenvalue weighted by molar-refractivity contribution is -0.117. The van der Waals surface area contributed by atoms with Crippen molar-refractivity contribution in [2.24, 2.45) is 10.1 Å². The van der Waals surface area contributed by atoms with Gasteiger partial charge in [-0.25, -0.2) is 12.6 Å². The normalized spacial score (nSPS) is 12.4. The minimum Gasteiger partial charge on any atom is -0.370 e. The molecule has 3 rings (SSSR count). The van der Waals surface area contributed by atoms with Crippen molar-refractivity contribution in [1.29, 1.82) is 0 Å². The van der Waals surface area contributed by atoms with E-state index in [0.29, 0.717) is 12.0 Å². The van der Waals surface area contributed by atoms with E-state index in [0.717, 1.165) is 28.5 Å². The first-order valence-corrected chi connectivity index (χ1v) is 13.0. The van der Waals surface area contributed by atoms with Gasteiger partial charge in [0.1, 0.15) is 0 Å². The van der Waals surface area contributed by atoms with Crippen LogP contribution < -0.4 is 10.5 Å². The van der Waals surface area contributed by atoms with Crippen LogP contribution in [0.5, 0.6) is 0 Å². The van der Waals surface area contributed by atoms with Crippen molar-refractivity contribution in [3.63, 3.8) is 0 Å². The highest BCUT2D eigenvalue weighted by Gasteiger charge is 2.13. The number of sulfonamides is 1. The maximum Gasteiger partial charge on any atom is 0.229 e. The molecule has 0 spiro atoms. The average molecular weight is 488 g/mol. The number of hydrogen-bond donors (Lipinski definition) is 3. The number of benzene rings is 3. The lowest BCUT2D eigenvalue weighted by atomic mass is 9.92. The average Bonchev–Trinajstić information content (AvgIpc) is 2.76. The third-order valence-electron chi connectivity index (χ3n) is 4.74. The maximum atomic E-state index is 11.8. The van der Waals surface area contributed by atoms with E-state index in [2.05, 4.69) is 9.08 Å². The molecule has 3 N–H and O–H groups in total. The summed E-state index contributed by atoms with van der Waals surface area (Å²) < 4.78 is 46.6. The number of thiol groups is 1. The quantitative estimate of drug-likeness (QED) is 0.397. The highest BCUT2D eigenvalue weighted by atomic mass is 32.2. The van der Waals surface area contributed by atoms with Gasteiger partial charge in [-0.2, -0.15) is 4.36 Å². The van der Waals surface area contributed by atoms with E-state index in [1.165, 1.54) is 13.2 Å². The molecule has 8 nitrogen and oxygen atoms in total. The van der Waals surface area contributed by atoms with Gasteiger partial charge < -0.3 is 5.73 Å². The van der Waals surface area contributed by atoms with Crippen molar-refractivity contribution in [2.75, 3.05) is 18.1 Å². The molecule has 0 aliphatic rings. The highest BCUT2D eigenvalue weighted by Crippen LogP contribution is 2.34. The lowest BCUT2D eigenvalue weighted by Gasteiger charge is -2.14.